The lowest BCUT2D eigenvalue weighted by Crippen LogP contribution is -2.37. The molecule has 3 aromatic rings. The van der Waals surface area contributed by atoms with Crippen molar-refractivity contribution in [2.24, 2.45) is 7.05 Å². The number of likely N-dealkylation sites (tertiary alicyclic amines) is 1. The average molecular weight is 388 g/mol. The van der Waals surface area contributed by atoms with Crippen molar-refractivity contribution >= 4 is 11.6 Å². The molecule has 2 heterocycles. The van der Waals surface area contributed by atoms with Crippen LogP contribution in [-0.2, 0) is 11.8 Å². The molecule has 4 heteroatoms. The van der Waals surface area contributed by atoms with E-state index in [0.29, 0.717) is 0 Å². The fourth-order valence-corrected chi connectivity index (χ4v) is 4.44. The molecule has 1 aromatic heterocycles. The number of carbonyl (C=O) groups is 1. The lowest BCUT2D eigenvalue weighted by Gasteiger charge is -2.33. The molecule has 1 aliphatic rings. The summed E-state index contributed by atoms with van der Waals surface area (Å²) < 4.78 is 2.17. The van der Waals surface area contributed by atoms with E-state index in [0.717, 1.165) is 41.8 Å². The lowest BCUT2D eigenvalue weighted by atomic mass is 10.0. The van der Waals surface area contributed by atoms with Gasteiger partial charge in [-0.3, -0.25) is 9.69 Å². The second kappa shape index (κ2) is 8.26. The molecular formula is C25H29N3O. The molecule has 2 atom stereocenters. The van der Waals surface area contributed by atoms with Gasteiger partial charge in [-0.25, -0.2) is 0 Å². The van der Waals surface area contributed by atoms with Crippen LogP contribution in [0.15, 0.2) is 66.9 Å². The molecule has 2 aromatic carbocycles. The third-order valence-electron chi connectivity index (χ3n) is 5.97. The number of aryl methyl sites for hydroxylation is 3. The fraction of sp³-hybridized carbons (Fsp3) is 0.320. The van der Waals surface area contributed by atoms with Crippen LogP contribution in [0.4, 0.5) is 5.69 Å². The number of benzene rings is 2. The molecule has 0 unspecified atom stereocenters. The van der Waals surface area contributed by atoms with E-state index in [2.05, 4.69) is 71.4 Å². The van der Waals surface area contributed by atoms with Gasteiger partial charge in [0.25, 0.3) is 0 Å². The number of rotatable bonds is 5. The van der Waals surface area contributed by atoms with Gasteiger partial charge in [0.15, 0.2) is 0 Å². The van der Waals surface area contributed by atoms with Crippen LogP contribution in [0.3, 0.4) is 0 Å². The molecule has 1 aliphatic heterocycles. The second-order valence-electron chi connectivity index (χ2n) is 8.06. The molecule has 1 saturated heterocycles. The summed E-state index contributed by atoms with van der Waals surface area (Å²) in [5.41, 5.74) is 5.42. The van der Waals surface area contributed by atoms with Gasteiger partial charge in [0.2, 0.25) is 5.91 Å². The maximum Gasteiger partial charge on any atom is 0.246 e. The summed E-state index contributed by atoms with van der Waals surface area (Å²) in [6.45, 7) is 5.00. The minimum absolute atomic E-state index is 0.0333. The molecule has 4 nitrogen and oxygen atoms in total. The van der Waals surface area contributed by atoms with Gasteiger partial charge in [0.1, 0.15) is 6.04 Å². The first-order valence-electron chi connectivity index (χ1n) is 10.3. The van der Waals surface area contributed by atoms with Crippen LogP contribution in [0.1, 0.15) is 47.3 Å². The number of anilines is 1. The van der Waals surface area contributed by atoms with Crippen molar-refractivity contribution in [1.82, 2.24) is 9.47 Å². The van der Waals surface area contributed by atoms with Crippen molar-refractivity contribution in [1.29, 1.82) is 0 Å². The van der Waals surface area contributed by atoms with E-state index in [1.165, 1.54) is 5.69 Å². The zero-order valence-electron chi connectivity index (χ0n) is 17.4. The Morgan fingerprint density at radius 3 is 2.59 bits per heavy atom. The minimum atomic E-state index is -0.321. The summed E-state index contributed by atoms with van der Waals surface area (Å²) in [5.74, 6) is 0.0333. The van der Waals surface area contributed by atoms with Gasteiger partial charge in [-0.2, -0.15) is 0 Å². The van der Waals surface area contributed by atoms with Crippen molar-refractivity contribution in [3.8, 4) is 0 Å². The third kappa shape index (κ3) is 3.99. The zero-order chi connectivity index (χ0) is 20.4. The van der Waals surface area contributed by atoms with Crippen LogP contribution >= 0.6 is 0 Å². The topological polar surface area (TPSA) is 37.3 Å². The SMILES string of the molecule is Cc1ccc(C)c(NC(=O)[C@H](c2ccccc2)N2CCC[C@H]2c2cccn2C)c1. The normalized spacial score (nSPS) is 18.0. The van der Waals surface area contributed by atoms with Crippen LogP contribution in [-0.4, -0.2) is 21.9 Å². The Balaban J connectivity index is 1.69. The molecule has 0 aliphatic carbocycles. The quantitative estimate of drug-likeness (QED) is 0.657. The molecule has 1 fully saturated rings. The molecule has 150 valence electrons. The van der Waals surface area contributed by atoms with Crippen molar-refractivity contribution in [3.05, 3.63) is 89.2 Å². The Kier molecular flexibility index (Phi) is 5.54. The minimum Gasteiger partial charge on any atom is -0.353 e. The summed E-state index contributed by atoms with van der Waals surface area (Å²) in [6.07, 6.45) is 4.24. The summed E-state index contributed by atoms with van der Waals surface area (Å²) in [7, 11) is 2.08. The van der Waals surface area contributed by atoms with Crippen molar-refractivity contribution in [2.75, 3.05) is 11.9 Å². The Morgan fingerprint density at radius 2 is 1.86 bits per heavy atom. The Hall–Kier alpha value is -2.85. The number of nitrogens with zero attached hydrogens (tertiary/aromatic N) is 2. The smallest absolute Gasteiger partial charge is 0.246 e. The highest BCUT2D eigenvalue weighted by molar-refractivity contribution is 5.96. The Morgan fingerprint density at radius 1 is 1.07 bits per heavy atom. The predicted molar refractivity (Wildman–Crippen MR) is 118 cm³/mol. The van der Waals surface area contributed by atoms with Gasteiger partial charge in [0, 0.05) is 24.6 Å². The highest BCUT2D eigenvalue weighted by atomic mass is 16.2. The summed E-state index contributed by atoms with van der Waals surface area (Å²) >= 11 is 0. The maximum absolute atomic E-state index is 13.6. The van der Waals surface area contributed by atoms with E-state index in [1.807, 2.05) is 31.2 Å². The average Bonchev–Trinajstić information content (AvgIpc) is 3.34. The van der Waals surface area contributed by atoms with Crippen molar-refractivity contribution < 1.29 is 4.79 Å². The summed E-state index contributed by atoms with van der Waals surface area (Å²) in [6, 6.07) is 20.5. The van der Waals surface area contributed by atoms with E-state index >= 15 is 0 Å². The third-order valence-corrected chi connectivity index (χ3v) is 5.97. The van der Waals surface area contributed by atoms with Gasteiger partial charge in [0.05, 0.1) is 6.04 Å². The largest absolute Gasteiger partial charge is 0.353 e. The molecule has 0 radical (unpaired) electrons. The first-order chi connectivity index (χ1) is 14.0. The van der Waals surface area contributed by atoms with Gasteiger partial charge >= 0.3 is 0 Å². The van der Waals surface area contributed by atoms with Gasteiger partial charge in [-0.15, -0.1) is 0 Å². The van der Waals surface area contributed by atoms with E-state index in [-0.39, 0.29) is 18.0 Å². The van der Waals surface area contributed by atoms with Gasteiger partial charge < -0.3 is 9.88 Å². The molecular weight excluding hydrogens is 358 g/mol. The molecule has 4 rings (SSSR count). The number of carbonyl (C=O) groups excluding carboxylic acids is 1. The Labute approximate surface area is 173 Å². The summed E-state index contributed by atoms with van der Waals surface area (Å²) in [4.78, 5) is 16.0. The van der Waals surface area contributed by atoms with Crippen LogP contribution in [0.5, 0.6) is 0 Å². The lowest BCUT2D eigenvalue weighted by molar-refractivity contribution is -0.122. The molecule has 0 saturated carbocycles. The van der Waals surface area contributed by atoms with Gasteiger partial charge in [-0.05, 0) is 68.1 Å². The standard InChI is InChI=1S/C25H29N3O/c1-18-13-14-19(2)21(17-18)26-25(29)24(20-9-5-4-6-10-20)28-16-8-12-23(28)22-11-7-15-27(22)3/h4-7,9-11,13-15,17,23-24H,8,12,16H2,1-3H3,(H,26,29)/t23-,24-/m0/s1. The van der Waals surface area contributed by atoms with Crippen LogP contribution < -0.4 is 5.32 Å². The van der Waals surface area contributed by atoms with E-state index in [4.69, 9.17) is 0 Å². The van der Waals surface area contributed by atoms with Crippen molar-refractivity contribution in [2.45, 2.75) is 38.8 Å². The Bertz CT molecular complexity index is 992. The highest BCUT2D eigenvalue weighted by Crippen LogP contribution is 2.39. The first-order valence-corrected chi connectivity index (χ1v) is 10.3. The number of aromatic nitrogens is 1. The van der Waals surface area contributed by atoms with Gasteiger partial charge in [-0.1, -0.05) is 42.5 Å². The zero-order valence-corrected chi connectivity index (χ0v) is 17.4. The molecule has 0 spiro atoms. The first kappa shape index (κ1) is 19.5. The van der Waals surface area contributed by atoms with Crippen LogP contribution in [0.2, 0.25) is 0 Å². The predicted octanol–water partition coefficient (Wildman–Crippen LogP) is 5.16. The van der Waals surface area contributed by atoms with Crippen molar-refractivity contribution in [3.63, 3.8) is 0 Å². The number of nitrogens with one attached hydrogen (secondary N) is 1. The number of hydrogen-bond donors (Lipinski definition) is 1. The molecule has 1 N–H and O–H groups in total. The van der Waals surface area contributed by atoms with E-state index in [9.17, 15) is 4.79 Å². The van der Waals surface area contributed by atoms with Crippen LogP contribution in [0, 0.1) is 13.8 Å². The molecule has 0 bridgehead atoms. The fourth-order valence-electron chi connectivity index (χ4n) is 4.44. The monoisotopic (exact) mass is 387 g/mol. The number of hydrogen-bond acceptors (Lipinski definition) is 2. The molecule has 29 heavy (non-hydrogen) atoms. The highest BCUT2D eigenvalue weighted by Gasteiger charge is 2.37. The summed E-state index contributed by atoms with van der Waals surface area (Å²) in [5, 5.41) is 3.22. The van der Waals surface area contributed by atoms with E-state index < -0.39 is 0 Å². The number of amides is 1. The maximum atomic E-state index is 13.6. The van der Waals surface area contributed by atoms with Crippen LogP contribution in [0.25, 0.3) is 0 Å². The second-order valence-corrected chi connectivity index (χ2v) is 8.06. The van der Waals surface area contributed by atoms with E-state index in [1.54, 1.807) is 0 Å². The molecule has 1 amide bonds.